The van der Waals surface area contributed by atoms with Crippen LogP contribution in [0.4, 0.5) is 18.0 Å². The van der Waals surface area contributed by atoms with Crippen molar-refractivity contribution in [2.75, 3.05) is 13.1 Å². The van der Waals surface area contributed by atoms with Crippen LogP contribution in [0.15, 0.2) is 24.8 Å². The minimum absolute atomic E-state index is 0.112. The van der Waals surface area contributed by atoms with Gasteiger partial charge in [-0.2, -0.15) is 13.2 Å². The molecule has 246 valence electrons. The number of Topliss-reactive ketones (excluding diaryl/α,β-unsaturated/α-hetero) is 1. The summed E-state index contributed by atoms with van der Waals surface area (Å²) in [7, 11) is 0. The highest BCUT2D eigenvalue weighted by Crippen LogP contribution is 2.65. The zero-order valence-electron chi connectivity index (χ0n) is 25.9. The van der Waals surface area contributed by atoms with Crippen molar-refractivity contribution < 1.29 is 41.9 Å². The van der Waals surface area contributed by atoms with Crippen LogP contribution in [0.3, 0.4) is 0 Å². The van der Waals surface area contributed by atoms with E-state index in [0.717, 1.165) is 0 Å². The van der Waals surface area contributed by atoms with Gasteiger partial charge < -0.3 is 31.9 Å². The van der Waals surface area contributed by atoms with Gasteiger partial charge in [-0.05, 0) is 41.6 Å². The van der Waals surface area contributed by atoms with E-state index in [4.69, 9.17) is 5.73 Å². The Bertz CT molecular complexity index is 1200. The maximum Gasteiger partial charge on any atom is 0.389 e. The van der Waals surface area contributed by atoms with Gasteiger partial charge in [0.1, 0.15) is 18.1 Å². The van der Waals surface area contributed by atoms with E-state index < -0.39 is 95.4 Å². The minimum atomic E-state index is -4.66. The molecular weight excluding hydrogens is 585 g/mol. The summed E-state index contributed by atoms with van der Waals surface area (Å²) in [5, 5.41) is 9.43. The van der Waals surface area contributed by atoms with Crippen LogP contribution in [0.5, 0.6) is 0 Å². The number of amides is 6. The Kier molecular flexibility index (Phi) is 11.0. The summed E-state index contributed by atoms with van der Waals surface area (Å²) in [6, 6.07) is -6.31. The van der Waals surface area contributed by atoms with Crippen LogP contribution < -0.4 is 27.0 Å². The SMILES string of the molecule is C=CCNC(=O)C(=O)C(CCC(F)(F)F)NC(=O)[C@@H]1[C@@H]2[C@H](CN1C(=O)[C@@H](NC(=O)N[C@@H](C(=C)C)C(N)=O)C(C)(C)C)C2(C)C. The number of halogens is 3. The Morgan fingerprint density at radius 1 is 1.07 bits per heavy atom. The van der Waals surface area contributed by atoms with Crippen molar-refractivity contribution in [3.8, 4) is 0 Å². The first-order valence-electron chi connectivity index (χ1n) is 14.2. The van der Waals surface area contributed by atoms with E-state index in [1.807, 2.05) is 13.8 Å². The fourth-order valence-electron chi connectivity index (χ4n) is 5.61. The molecule has 0 spiro atoms. The highest BCUT2D eigenvalue weighted by molar-refractivity contribution is 6.38. The molecule has 0 aromatic rings. The van der Waals surface area contributed by atoms with E-state index in [2.05, 4.69) is 34.4 Å². The molecule has 0 aromatic heterocycles. The molecule has 1 aliphatic carbocycles. The van der Waals surface area contributed by atoms with Crippen LogP contribution in [0.1, 0.15) is 54.4 Å². The van der Waals surface area contributed by atoms with Crippen LogP contribution in [0, 0.1) is 22.7 Å². The number of primary amides is 1. The van der Waals surface area contributed by atoms with Crippen LogP contribution in [-0.2, 0) is 24.0 Å². The maximum atomic E-state index is 14.0. The van der Waals surface area contributed by atoms with Gasteiger partial charge in [0.05, 0.1) is 6.04 Å². The lowest BCUT2D eigenvalue weighted by molar-refractivity contribution is -0.148. The summed E-state index contributed by atoms with van der Waals surface area (Å²) in [5.74, 6) is -5.38. The standard InChI is InChI=1S/C29H43F3N6O6/c1-9-12-34-24(42)20(39)16(10-11-29(30,31)32)35-23(41)19-17-15(28(17,7)8)13-38(19)25(43)21(27(4,5)6)37-26(44)36-18(14(2)3)22(33)40/h9,15-19,21H,1-2,10-13H2,3-8H3,(H2,33,40)(H,34,42)(H,35,41)(H2,36,37,44)/t15-,16?,17-,18-,19-,21+/m0/s1. The highest BCUT2D eigenvalue weighted by atomic mass is 19.4. The molecule has 2 fully saturated rings. The molecule has 44 heavy (non-hydrogen) atoms. The molecular formula is C29H43F3N6O6. The van der Waals surface area contributed by atoms with Gasteiger partial charge in [0.15, 0.2) is 0 Å². The average molecular weight is 629 g/mol. The normalized spacial score (nSPS) is 22.4. The van der Waals surface area contributed by atoms with E-state index in [9.17, 15) is 41.9 Å². The molecule has 0 aromatic carbocycles. The second-order valence-corrected chi connectivity index (χ2v) is 13.1. The van der Waals surface area contributed by atoms with Crippen molar-refractivity contribution in [1.29, 1.82) is 0 Å². The number of carbonyl (C=O) groups is 6. The molecule has 1 heterocycles. The van der Waals surface area contributed by atoms with Crippen molar-refractivity contribution in [3.05, 3.63) is 24.8 Å². The third-order valence-corrected chi connectivity index (χ3v) is 8.18. The van der Waals surface area contributed by atoms with E-state index in [-0.39, 0.29) is 24.6 Å². The summed E-state index contributed by atoms with van der Waals surface area (Å²) in [4.78, 5) is 78.6. The van der Waals surface area contributed by atoms with E-state index >= 15 is 0 Å². The predicted molar refractivity (Wildman–Crippen MR) is 154 cm³/mol. The molecule has 0 radical (unpaired) electrons. The Labute approximate surface area is 254 Å². The smallest absolute Gasteiger partial charge is 0.368 e. The summed E-state index contributed by atoms with van der Waals surface area (Å²) >= 11 is 0. The average Bonchev–Trinajstić information content (AvgIpc) is 3.21. The zero-order valence-corrected chi connectivity index (χ0v) is 25.9. The number of urea groups is 1. The number of rotatable bonds is 13. The Morgan fingerprint density at radius 2 is 1.66 bits per heavy atom. The summed E-state index contributed by atoms with van der Waals surface area (Å²) in [6.07, 6.45) is -5.71. The lowest BCUT2D eigenvalue weighted by atomic mass is 9.85. The topological polar surface area (TPSA) is 180 Å². The van der Waals surface area contributed by atoms with Crippen molar-refractivity contribution in [2.24, 2.45) is 28.4 Å². The molecule has 6 amide bonds. The predicted octanol–water partition coefficient (Wildman–Crippen LogP) is 1.31. The highest BCUT2D eigenvalue weighted by Gasteiger charge is 2.70. The van der Waals surface area contributed by atoms with Crippen LogP contribution in [-0.4, -0.2) is 83.8 Å². The number of nitrogens with zero attached hydrogens (tertiary/aromatic N) is 1. The van der Waals surface area contributed by atoms with Gasteiger partial charge in [-0.3, -0.25) is 24.0 Å². The number of carbonyl (C=O) groups excluding carboxylic acids is 6. The van der Waals surface area contributed by atoms with Gasteiger partial charge in [-0.1, -0.05) is 47.3 Å². The first kappa shape index (κ1) is 36.3. The number of alkyl halides is 3. The van der Waals surface area contributed by atoms with Gasteiger partial charge in [0.2, 0.25) is 23.5 Å². The molecule has 1 unspecified atom stereocenters. The van der Waals surface area contributed by atoms with Gasteiger partial charge in [-0.15, -0.1) is 6.58 Å². The summed E-state index contributed by atoms with van der Waals surface area (Å²) in [6.45, 7) is 17.3. The number of likely N-dealkylation sites (tertiary alicyclic amines) is 1. The van der Waals surface area contributed by atoms with Crippen molar-refractivity contribution in [2.45, 2.75) is 84.7 Å². The van der Waals surface area contributed by atoms with E-state index in [1.54, 1.807) is 20.8 Å². The molecule has 6 N–H and O–H groups in total. The fourth-order valence-corrected chi connectivity index (χ4v) is 5.61. The number of ketones is 1. The third kappa shape index (κ3) is 8.59. The molecule has 12 nitrogen and oxygen atoms in total. The number of nitrogens with two attached hydrogens (primary N) is 1. The second kappa shape index (κ2) is 13.4. The monoisotopic (exact) mass is 628 g/mol. The molecule has 15 heteroatoms. The summed E-state index contributed by atoms with van der Waals surface area (Å²) < 4.78 is 39.2. The molecule has 2 rings (SSSR count). The Hall–Kier alpha value is -3.91. The van der Waals surface area contributed by atoms with Gasteiger partial charge >= 0.3 is 12.2 Å². The van der Waals surface area contributed by atoms with E-state index in [1.165, 1.54) is 17.9 Å². The fraction of sp³-hybridized carbons (Fsp3) is 0.655. The number of hydrogen-bond acceptors (Lipinski definition) is 6. The molecule has 1 aliphatic heterocycles. The number of fused-ring (bicyclic) bond motifs is 1. The maximum absolute atomic E-state index is 14.0. The molecule has 1 saturated heterocycles. The molecule has 0 bridgehead atoms. The van der Waals surface area contributed by atoms with Gasteiger partial charge in [0.25, 0.3) is 5.91 Å². The summed E-state index contributed by atoms with van der Waals surface area (Å²) in [5.41, 5.74) is 4.29. The van der Waals surface area contributed by atoms with Crippen LogP contribution in [0.2, 0.25) is 0 Å². The molecule has 6 atom stereocenters. The third-order valence-electron chi connectivity index (χ3n) is 8.18. The largest absolute Gasteiger partial charge is 0.389 e. The first-order chi connectivity index (χ1) is 20.0. The van der Waals surface area contributed by atoms with Crippen molar-refractivity contribution in [3.63, 3.8) is 0 Å². The minimum Gasteiger partial charge on any atom is -0.368 e. The number of nitrogens with one attached hydrogen (secondary N) is 4. The Morgan fingerprint density at radius 3 is 2.14 bits per heavy atom. The van der Waals surface area contributed by atoms with Gasteiger partial charge in [0, 0.05) is 19.5 Å². The number of hydrogen-bond donors (Lipinski definition) is 5. The second-order valence-electron chi connectivity index (χ2n) is 13.1. The molecule has 2 aliphatic rings. The first-order valence-corrected chi connectivity index (χ1v) is 14.2. The van der Waals surface area contributed by atoms with E-state index in [0.29, 0.717) is 0 Å². The van der Waals surface area contributed by atoms with Crippen molar-refractivity contribution >= 4 is 35.4 Å². The Balaban J connectivity index is 2.36. The van der Waals surface area contributed by atoms with Crippen LogP contribution in [0.25, 0.3) is 0 Å². The van der Waals surface area contributed by atoms with Crippen LogP contribution >= 0.6 is 0 Å². The zero-order chi connectivity index (χ0) is 33.9. The van der Waals surface area contributed by atoms with Crippen molar-refractivity contribution in [1.82, 2.24) is 26.2 Å². The number of piperidine rings is 1. The lowest BCUT2D eigenvalue weighted by Gasteiger charge is -2.38. The molecule has 1 saturated carbocycles. The quantitative estimate of drug-likeness (QED) is 0.152. The van der Waals surface area contributed by atoms with Gasteiger partial charge in [-0.25, -0.2) is 4.79 Å². The lowest BCUT2D eigenvalue weighted by Crippen LogP contribution is -2.62.